The van der Waals surface area contributed by atoms with E-state index >= 15 is 0 Å². The second kappa shape index (κ2) is 26.2. The van der Waals surface area contributed by atoms with E-state index in [4.69, 9.17) is 9.47 Å². The third kappa shape index (κ3) is 23.6. The Morgan fingerprint density at radius 1 is 0.375 bits per heavy atom. The fourth-order valence-corrected chi connectivity index (χ4v) is 3.98. The molecule has 4 nitrogen and oxygen atoms in total. The molecule has 0 aliphatic heterocycles. The summed E-state index contributed by atoms with van der Waals surface area (Å²) < 4.78 is 10.1. The number of carbonyl (C=O) groups is 2. The monoisotopic (exact) mass is 454 g/mol. The summed E-state index contributed by atoms with van der Waals surface area (Å²) in [5.41, 5.74) is 0. The minimum absolute atomic E-state index is 0.322. The van der Waals surface area contributed by atoms with Gasteiger partial charge >= 0.3 is 11.9 Å². The first-order valence-electron chi connectivity index (χ1n) is 14.1. The van der Waals surface area contributed by atoms with Crippen LogP contribution >= 0.6 is 0 Å². The summed E-state index contributed by atoms with van der Waals surface area (Å²) in [4.78, 5) is 23.3. The van der Waals surface area contributed by atoms with Gasteiger partial charge in [0, 0.05) is 0 Å². The number of rotatable bonds is 24. The van der Waals surface area contributed by atoms with Crippen LogP contribution in [-0.2, 0) is 19.1 Å². The second-order valence-corrected chi connectivity index (χ2v) is 9.34. The van der Waals surface area contributed by atoms with E-state index in [1.54, 1.807) is 0 Å². The standard InChI is InChI=1S/C28H54O4/c1-3-5-7-9-11-13-15-16-18-20-22-24-26-32-28(30)27(29)31-25-23-21-19-17-14-12-10-8-6-4-2/h3-26H2,1-2H3. The first-order valence-corrected chi connectivity index (χ1v) is 14.1. The van der Waals surface area contributed by atoms with E-state index in [-0.39, 0.29) is 0 Å². The lowest BCUT2D eigenvalue weighted by molar-refractivity contribution is -0.167. The van der Waals surface area contributed by atoms with Crippen LogP contribution in [0.3, 0.4) is 0 Å². The molecule has 0 fully saturated rings. The summed E-state index contributed by atoms with van der Waals surface area (Å²) in [5.74, 6) is -1.67. The number of hydrogen-bond acceptors (Lipinski definition) is 4. The SMILES string of the molecule is CCCCCCCCCCCCCCOC(=O)C(=O)OCCCCCCCCCCCC. The summed E-state index contributed by atoms with van der Waals surface area (Å²) in [5, 5.41) is 0. The molecule has 0 aliphatic rings. The number of esters is 2. The fraction of sp³-hybridized carbons (Fsp3) is 0.929. The van der Waals surface area contributed by atoms with E-state index in [1.165, 1.54) is 116 Å². The molecule has 4 heteroatoms. The number of unbranched alkanes of at least 4 members (excludes halogenated alkanes) is 20. The molecule has 0 N–H and O–H groups in total. The Balaban J connectivity index is 3.30. The molecule has 0 saturated heterocycles. The molecular formula is C28H54O4. The Bertz CT molecular complexity index is 408. The topological polar surface area (TPSA) is 52.6 Å². The zero-order valence-electron chi connectivity index (χ0n) is 21.6. The van der Waals surface area contributed by atoms with Crippen molar-refractivity contribution in [2.24, 2.45) is 0 Å². The highest BCUT2D eigenvalue weighted by molar-refractivity contribution is 6.29. The zero-order valence-corrected chi connectivity index (χ0v) is 21.6. The van der Waals surface area contributed by atoms with Crippen molar-refractivity contribution in [3.8, 4) is 0 Å². The van der Waals surface area contributed by atoms with Crippen molar-refractivity contribution < 1.29 is 19.1 Å². The molecule has 0 aromatic carbocycles. The van der Waals surface area contributed by atoms with Gasteiger partial charge in [0.15, 0.2) is 0 Å². The van der Waals surface area contributed by atoms with Crippen LogP contribution in [-0.4, -0.2) is 25.2 Å². The number of carbonyl (C=O) groups excluding carboxylic acids is 2. The van der Waals surface area contributed by atoms with E-state index in [0.717, 1.165) is 25.7 Å². The number of hydrogen-bond donors (Lipinski definition) is 0. The van der Waals surface area contributed by atoms with Gasteiger partial charge in [0.05, 0.1) is 13.2 Å². The molecule has 0 rings (SSSR count). The van der Waals surface area contributed by atoms with Crippen LogP contribution in [0.15, 0.2) is 0 Å². The Morgan fingerprint density at radius 2 is 0.594 bits per heavy atom. The molecule has 0 heterocycles. The van der Waals surface area contributed by atoms with Gasteiger partial charge in [0.2, 0.25) is 0 Å². The summed E-state index contributed by atoms with van der Waals surface area (Å²) in [7, 11) is 0. The number of ether oxygens (including phenoxy) is 2. The van der Waals surface area contributed by atoms with E-state index < -0.39 is 11.9 Å². The minimum atomic E-state index is -0.833. The van der Waals surface area contributed by atoms with Crippen molar-refractivity contribution in [2.45, 2.75) is 155 Å². The van der Waals surface area contributed by atoms with E-state index in [2.05, 4.69) is 13.8 Å². The average molecular weight is 455 g/mol. The summed E-state index contributed by atoms with van der Waals surface area (Å²) in [6.07, 6.45) is 27.5. The molecule has 0 aliphatic carbocycles. The normalized spacial score (nSPS) is 10.9. The summed E-state index contributed by atoms with van der Waals surface area (Å²) >= 11 is 0. The van der Waals surface area contributed by atoms with Crippen molar-refractivity contribution in [1.82, 2.24) is 0 Å². The van der Waals surface area contributed by atoms with Crippen molar-refractivity contribution >= 4 is 11.9 Å². The molecule has 32 heavy (non-hydrogen) atoms. The Labute approximate surface area is 199 Å². The Kier molecular flexibility index (Phi) is 25.3. The smallest absolute Gasteiger partial charge is 0.417 e. The van der Waals surface area contributed by atoms with Gasteiger partial charge in [-0.2, -0.15) is 0 Å². The Morgan fingerprint density at radius 3 is 0.844 bits per heavy atom. The largest absolute Gasteiger partial charge is 0.457 e. The molecule has 190 valence electrons. The maximum Gasteiger partial charge on any atom is 0.417 e. The van der Waals surface area contributed by atoms with Crippen LogP contribution in [0.25, 0.3) is 0 Å². The van der Waals surface area contributed by atoms with Crippen LogP contribution in [0.5, 0.6) is 0 Å². The van der Waals surface area contributed by atoms with Crippen molar-refractivity contribution in [1.29, 1.82) is 0 Å². The molecule has 0 spiro atoms. The van der Waals surface area contributed by atoms with Gasteiger partial charge in [0.1, 0.15) is 0 Å². The molecule has 0 unspecified atom stereocenters. The van der Waals surface area contributed by atoms with Gasteiger partial charge in [-0.15, -0.1) is 0 Å². The average Bonchev–Trinajstić information content (AvgIpc) is 2.80. The first kappa shape index (κ1) is 30.9. The molecule has 0 saturated carbocycles. The van der Waals surface area contributed by atoms with Crippen molar-refractivity contribution in [3.63, 3.8) is 0 Å². The lowest BCUT2D eigenvalue weighted by Gasteiger charge is -2.06. The zero-order chi connectivity index (χ0) is 23.5. The molecule has 0 amide bonds. The van der Waals surface area contributed by atoms with E-state index in [1.807, 2.05) is 0 Å². The predicted octanol–water partition coefficient (Wildman–Crippen LogP) is 8.69. The summed E-state index contributed by atoms with van der Waals surface area (Å²) in [6, 6.07) is 0. The fourth-order valence-electron chi connectivity index (χ4n) is 3.98. The lowest BCUT2D eigenvalue weighted by atomic mass is 10.1. The minimum Gasteiger partial charge on any atom is -0.457 e. The molecule has 0 radical (unpaired) electrons. The highest BCUT2D eigenvalue weighted by Crippen LogP contribution is 2.12. The van der Waals surface area contributed by atoms with Gasteiger partial charge in [-0.1, -0.05) is 142 Å². The molecule has 0 bridgehead atoms. The van der Waals surface area contributed by atoms with Crippen LogP contribution < -0.4 is 0 Å². The van der Waals surface area contributed by atoms with E-state index in [9.17, 15) is 9.59 Å². The van der Waals surface area contributed by atoms with Crippen molar-refractivity contribution in [2.75, 3.05) is 13.2 Å². The Hall–Kier alpha value is -1.06. The predicted molar refractivity (Wildman–Crippen MR) is 135 cm³/mol. The third-order valence-electron chi connectivity index (χ3n) is 6.13. The van der Waals surface area contributed by atoms with Crippen LogP contribution in [0, 0.1) is 0 Å². The highest BCUT2D eigenvalue weighted by Gasteiger charge is 2.16. The summed E-state index contributed by atoms with van der Waals surface area (Å²) in [6.45, 7) is 5.14. The van der Waals surface area contributed by atoms with Gasteiger partial charge in [-0.05, 0) is 12.8 Å². The van der Waals surface area contributed by atoms with Gasteiger partial charge in [-0.25, -0.2) is 9.59 Å². The highest BCUT2D eigenvalue weighted by atomic mass is 16.6. The third-order valence-corrected chi connectivity index (χ3v) is 6.13. The molecule has 0 atom stereocenters. The van der Waals surface area contributed by atoms with Gasteiger partial charge < -0.3 is 9.47 Å². The molecular weight excluding hydrogens is 400 g/mol. The van der Waals surface area contributed by atoms with E-state index in [0.29, 0.717) is 13.2 Å². The van der Waals surface area contributed by atoms with Gasteiger partial charge in [0.25, 0.3) is 0 Å². The van der Waals surface area contributed by atoms with Crippen molar-refractivity contribution in [3.05, 3.63) is 0 Å². The molecule has 0 aromatic rings. The second-order valence-electron chi connectivity index (χ2n) is 9.34. The van der Waals surface area contributed by atoms with Crippen LogP contribution in [0.2, 0.25) is 0 Å². The lowest BCUT2D eigenvalue weighted by Crippen LogP contribution is -2.21. The van der Waals surface area contributed by atoms with Crippen LogP contribution in [0.4, 0.5) is 0 Å². The maximum absolute atomic E-state index is 11.7. The quantitative estimate of drug-likeness (QED) is 0.0831. The maximum atomic E-state index is 11.7. The molecule has 0 aromatic heterocycles. The first-order chi connectivity index (χ1) is 15.7. The van der Waals surface area contributed by atoms with Gasteiger partial charge in [-0.3, -0.25) is 0 Å². The van der Waals surface area contributed by atoms with Crippen LogP contribution in [0.1, 0.15) is 155 Å².